The maximum absolute atomic E-state index is 12.7. The Hall–Kier alpha value is -4.01. The van der Waals surface area contributed by atoms with E-state index in [1.54, 1.807) is 0 Å². The highest BCUT2D eigenvalue weighted by molar-refractivity contribution is 5.72. The lowest BCUT2D eigenvalue weighted by Crippen LogP contribution is -2.50. The number of carboxylic acid groups (broad SMARTS) is 1. The van der Waals surface area contributed by atoms with E-state index >= 15 is 0 Å². The van der Waals surface area contributed by atoms with Gasteiger partial charge in [0.1, 0.15) is 6.61 Å². The number of carbonyl (C=O) groups excluding carboxylic acids is 2. The van der Waals surface area contributed by atoms with Gasteiger partial charge in [-0.1, -0.05) is 168 Å². The van der Waals surface area contributed by atoms with E-state index in [2.05, 4.69) is 56.4 Å². The van der Waals surface area contributed by atoms with E-state index in [0.29, 0.717) is 12.8 Å². The number of hydrogen-bond donors (Lipinski definition) is 1. The third-order valence-corrected chi connectivity index (χ3v) is 8.86. The molecule has 0 spiro atoms. The second kappa shape index (κ2) is 38.8. The summed E-state index contributed by atoms with van der Waals surface area (Å²) in [5.74, 6) is -1.55. The fourth-order valence-corrected chi connectivity index (χ4v) is 5.54. The summed E-state index contributed by atoms with van der Waals surface area (Å²) in [6.07, 6.45) is 52.6. The van der Waals surface area contributed by atoms with E-state index in [-0.39, 0.29) is 42.7 Å². The van der Waals surface area contributed by atoms with Crippen molar-refractivity contribution in [1.82, 2.24) is 0 Å². The van der Waals surface area contributed by atoms with E-state index < -0.39 is 18.1 Å². The average molecular weight is 793 g/mol. The van der Waals surface area contributed by atoms with E-state index in [0.717, 1.165) is 89.9 Å². The molecule has 0 aromatic rings. The number of ether oxygens (including phenoxy) is 3. The van der Waals surface area contributed by atoms with Crippen molar-refractivity contribution in [3.05, 3.63) is 109 Å². The van der Waals surface area contributed by atoms with Crippen LogP contribution in [0.25, 0.3) is 0 Å². The number of esters is 2. The van der Waals surface area contributed by atoms with Crippen LogP contribution in [-0.4, -0.2) is 80.6 Å². The summed E-state index contributed by atoms with van der Waals surface area (Å²) in [6, 6.07) is -0.631. The highest BCUT2D eigenvalue weighted by atomic mass is 16.6. The van der Waals surface area contributed by atoms with Crippen LogP contribution >= 0.6 is 0 Å². The second-order valence-electron chi connectivity index (χ2n) is 15.1. The molecule has 0 aromatic heterocycles. The van der Waals surface area contributed by atoms with Crippen LogP contribution in [0.3, 0.4) is 0 Å². The summed E-state index contributed by atoms with van der Waals surface area (Å²) < 4.78 is 17.2. The molecule has 0 heterocycles. The summed E-state index contributed by atoms with van der Waals surface area (Å²) >= 11 is 0. The second-order valence-corrected chi connectivity index (χ2v) is 15.1. The number of allylic oxidation sites excluding steroid dienone is 18. The van der Waals surface area contributed by atoms with Crippen LogP contribution in [0.15, 0.2) is 109 Å². The zero-order valence-electron chi connectivity index (χ0n) is 36.2. The lowest BCUT2D eigenvalue weighted by molar-refractivity contribution is -0.887. The first kappa shape index (κ1) is 53.0. The topological polar surface area (TPSA) is 99.1 Å². The smallest absolute Gasteiger partial charge is 0.362 e. The van der Waals surface area contributed by atoms with Gasteiger partial charge < -0.3 is 23.8 Å². The number of carboxylic acids is 1. The molecule has 0 aromatic carbocycles. The SMILES string of the molecule is CC/C=C/C=C/C=C/C=C/CCCCCCCC(=O)OCC(COCCC(C(=O)O)[N+](C)(C)C)OC(=O)CCCCCCC/C=C/C=C/C=C/C=C/C=C/CCC. The summed E-state index contributed by atoms with van der Waals surface area (Å²) in [5, 5.41) is 9.62. The van der Waals surface area contributed by atoms with Crippen LogP contribution < -0.4 is 0 Å². The lowest BCUT2D eigenvalue weighted by Gasteiger charge is -2.31. The third-order valence-electron chi connectivity index (χ3n) is 8.86. The zero-order chi connectivity index (χ0) is 42.1. The van der Waals surface area contributed by atoms with Crippen LogP contribution in [0.5, 0.6) is 0 Å². The Morgan fingerprint density at radius 3 is 1.46 bits per heavy atom. The van der Waals surface area contributed by atoms with Gasteiger partial charge in [0, 0.05) is 19.3 Å². The molecule has 2 atom stereocenters. The first-order valence-electron chi connectivity index (χ1n) is 21.5. The van der Waals surface area contributed by atoms with Gasteiger partial charge in [0.05, 0.1) is 34.4 Å². The Labute approximate surface area is 347 Å². The molecule has 1 N–H and O–H groups in total. The predicted molar refractivity (Wildman–Crippen MR) is 238 cm³/mol. The number of carbonyl (C=O) groups is 3. The molecule has 320 valence electrons. The number of aliphatic carboxylic acids is 1. The highest BCUT2D eigenvalue weighted by Gasteiger charge is 2.31. The van der Waals surface area contributed by atoms with Crippen molar-refractivity contribution in [2.24, 2.45) is 0 Å². The largest absolute Gasteiger partial charge is 0.477 e. The van der Waals surface area contributed by atoms with Gasteiger partial charge in [-0.25, -0.2) is 4.79 Å². The Balaban J connectivity index is 4.49. The Bertz CT molecular complexity index is 1290. The molecule has 0 bridgehead atoms. The van der Waals surface area contributed by atoms with Gasteiger partial charge in [-0.05, 0) is 51.4 Å². The Morgan fingerprint density at radius 2 is 0.982 bits per heavy atom. The highest BCUT2D eigenvalue weighted by Crippen LogP contribution is 2.12. The lowest BCUT2D eigenvalue weighted by atomic mass is 10.1. The predicted octanol–water partition coefficient (Wildman–Crippen LogP) is 11.7. The van der Waals surface area contributed by atoms with Crippen LogP contribution in [0.4, 0.5) is 0 Å². The normalized spacial score (nSPS) is 14.1. The molecule has 0 rings (SSSR count). The molecule has 8 nitrogen and oxygen atoms in total. The summed E-state index contributed by atoms with van der Waals surface area (Å²) in [6.45, 7) is 4.42. The summed E-state index contributed by atoms with van der Waals surface area (Å²) in [5.41, 5.74) is 0. The van der Waals surface area contributed by atoms with Gasteiger partial charge >= 0.3 is 17.9 Å². The molecule has 0 saturated carbocycles. The van der Waals surface area contributed by atoms with E-state index in [9.17, 15) is 19.5 Å². The Kier molecular flexibility index (Phi) is 36.1. The minimum atomic E-state index is -0.890. The van der Waals surface area contributed by atoms with Gasteiger partial charge in [-0.3, -0.25) is 9.59 Å². The van der Waals surface area contributed by atoms with Gasteiger partial charge in [-0.15, -0.1) is 0 Å². The van der Waals surface area contributed by atoms with Crippen molar-refractivity contribution in [2.45, 2.75) is 142 Å². The standard InChI is InChI=1S/C49H77NO7/c1-6-8-10-12-14-16-18-20-22-23-24-26-28-30-32-34-36-38-40-48(52)57-45(43-55-42-41-46(49(53)54)50(3,4)5)44-56-47(51)39-37-35-33-31-29-27-25-21-19-17-15-13-11-9-7-2/h9-26,45-46H,6-8,27-44H2,1-5H3/p+1/b11-9+,12-10+,15-13+,16-14+,19-17+,20-18+,23-22+,25-21+,26-24+. The maximum atomic E-state index is 12.7. The van der Waals surface area contributed by atoms with E-state index in [1.807, 2.05) is 88.0 Å². The monoisotopic (exact) mass is 793 g/mol. The van der Waals surface area contributed by atoms with E-state index in [4.69, 9.17) is 14.2 Å². The molecule has 0 aliphatic carbocycles. The van der Waals surface area contributed by atoms with E-state index in [1.165, 1.54) is 6.42 Å². The zero-order valence-corrected chi connectivity index (χ0v) is 36.2. The minimum Gasteiger partial charge on any atom is -0.477 e. The third kappa shape index (κ3) is 37.3. The van der Waals surface area contributed by atoms with Gasteiger partial charge in [0.2, 0.25) is 0 Å². The van der Waals surface area contributed by atoms with Crippen LogP contribution in [0.2, 0.25) is 0 Å². The average Bonchev–Trinajstić information content (AvgIpc) is 3.17. The number of rotatable bonds is 36. The quantitative estimate of drug-likeness (QED) is 0.0292. The van der Waals surface area contributed by atoms with Gasteiger partial charge in [0.25, 0.3) is 0 Å². The molecular weight excluding hydrogens is 715 g/mol. The van der Waals surface area contributed by atoms with Gasteiger partial charge in [0.15, 0.2) is 12.1 Å². The number of quaternary nitrogens is 1. The molecule has 8 heteroatoms. The molecule has 0 saturated heterocycles. The van der Waals surface area contributed by atoms with Crippen LogP contribution in [-0.2, 0) is 28.6 Å². The molecule has 0 aliphatic heterocycles. The number of likely N-dealkylation sites (N-methyl/N-ethyl adjacent to an activating group) is 1. The molecule has 0 amide bonds. The van der Waals surface area contributed by atoms with Crippen molar-refractivity contribution < 1.29 is 38.2 Å². The molecule has 0 aliphatic rings. The van der Waals surface area contributed by atoms with Crippen molar-refractivity contribution in [2.75, 3.05) is 41.0 Å². The summed E-state index contributed by atoms with van der Waals surface area (Å²) in [4.78, 5) is 37.0. The Morgan fingerprint density at radius 1 is 0.544 bits per heavy atom. The maximum Gasteiger partial charge on any atom is 0.362 e. The van der Waals surface area contributed by atoms with Crippen molar-refractivity contribution in [3.8, 4) is 0 Å². The van der Waals surface area contributed by atoms with Crippen molar-refractivity contribution >= 4 is 17.9 Å². The number of hydrogen-bond acceptors (Lipinski definition) is 6. The number of unbranched alkanes of at least 4 members (excludes halogenated alkanes) is 11. The summed E-state index contributed by atoms with van der Waals surface area (Å²) in [7, 11) is 5.49. The van der Waals surface area contributed by atoms with Crippen molar-refractivity contribution in [1.29, 1.82) is 0 Å². The molecule has 57 heavy (non-hydrogen) atoms. The molecule has 0 fully saturated rings. The molecule has 2 unspecified atom stereocenters. The minimum absolute atomic E-state index is 0.0342. The number of nitrogens with zero attached hydrogens (tertiary/aromatic N) is 1. The fourth-order valence-electron chi connectivity index (χ4n) is 5.54. The molecular formula is C49H78NO7+. The van der Waals surface area contributed by atoms with Crippen LogP contribution in [0, 0.1) is 0 Å². The fraction of sp³-hybridized carbons (Fsp3) is 0.571. The van der Waals surface area contributed by atoms with Gasteiger partial charge in [-0.2, -0.15) is 0 Å². The van der Waals surface area contributed by atoms with Crippen LogP contribution in [0.1, 0.15) is 129 Å². The first-order valence-corrected chi connectivity index (χ1v) is 21.5. The first-order chi connectivity index (χ1) is 27.6. The molecule has 0 radical (unpaired) electrons. The van der Waals surface area contributed by atoms with Crippen molar-refractivity contribution in [3.63, 3.8) is 0 Å².